The van der Waals surface area contributed by atoms with Crippen LogP contribution in [0.1, 0.15) is 31.3 Å². The Bertz CT molecular complexity index is 542. The largest absolute Gasteiger partial charge is 0.409 e. The molecule has 0 saturated heterocycles. The normalized spacial score (nSPS) is 12.6. The zero-order valence-electron chi connectivity index (χ0n) is 9.25. The molecule has 0 spiro atoms. The second kappa shape index (κ2) is 3.84. The molecule has 0 bridgehead atoms. The van der Waals surface area contributed by atoms with Crippen molar-refractivity contribution < 1.29 is 5.21 Å². The highest BCUT2D eigenvalue weighted by Gasteiger charge is 2.15. The van der Waals surface area contributed by atoms with Gasteiger partial charge in [0.1, 0.15) is 11.5 Å². The Labute approximate surface area is 93.2 Å². The molecule has 0 fully saturated rings. The van der Waals surface area contributed by atoms with Gasteiger partial charge in [0.2, 0.25) is 0 Å². The number of pyridine rings is 1. The van der Waals surface area contributed by atoms with E-state index >= 15 is 0 Å². The smallest absolute Gasteiger partial charge is 0.191 e. The van der Waals surface area contributed by atoms with Crippen molar-refractivity contribution in [3.05, 3.63) is 35.9 Å². The maximum atomic E-state index is 8.71. The van der Waals surface area contributed by atoms with Crippen LogP contribution >= 0.6 is 0 Å². The van der Waals surface area contributed by atoms with Gasteiger partial charge in [-0.25, -0.2) is 4.98 Å². The van der Waals surface area contributed by atoms with E-state index < -0.39 is 0 Å². The Morgan fingerprint density at radius 1 is 1.50 bits per heavy atom. The number of aromatic nitrogens is 2. The van der Waals surface area contributed by atoms with Gasteiger partial charge in [0.15, 0.2) is 5.84 Å². The van der Waals surface area contributed by atoms with Crippen molar-refractivity contribution in [3.63, 3.8) is 0 Å². The van der Waals surface area contributed by atoms with Gasteiger partial charge >= 0.3 is 0 Å². The molecule has 2 rings (SSSR count). The number of imidazole rings is 1. The van der Waals surface area contributed by atoms with Crippen LogP contribution in [0.25, 0.3) is 5.52 Å². The van der Waals surface area contributed by atoms with E-state index in [1.54, 1.807) is 0 Å². The lowest BCUT2D eigenvalue weighted by Gasteiger charge is -2.02. The number of hydrogen-bond donors (Lipinski definition) is 2. The molecular weight excluding hydrogens is 204 g/mol. The quantitative estimate of drug-likeness (QED) is 0.347. The molecule has 0 amide bonds. The first-order valence-electron chi connectivity index (χ1n) is 5.10. The van der Waals surface area contributed by atoms with Crippen LogP contribution in [-0.4, -0.2) is 20.4 Å². The van der Waals surface area contributed by atoms with E-state index in [4.69, 9.17) is 10.9 Å². The molecule has 0 aliphatic heterocycles. The molecule has 2 heterocycles. The van der Waals surface area contributed by atoms with Gasteiger partial charge in [-0.05, 0) is 12.1 Å². The van der Waals surface area contributed by atoms with Gasteiger partial charge < -0.3 is 15.3 Å². The standard InChI is InChI=1S/C11H14N4O/c1-7(2)11-13-9(10(12)14-16)8-5-3-4-6-15(8)11/h3-7,16H,1-2H3,(H2,12,14). The fraction of sp³-hybridized carbons (Fsp3) is 0.273. The topological polar surface area (TPSA) is 75.9 Å². The van der Waals surface area contributed by atoms with E-state index in [9.17, 15) is 0 Å². The van der Waals surface area contributed by atoms with Crippen LogP contribution in [0.4, 0.5) is 0 Å². The molecule has 16 heavy (non-hydrogen) atoms. The van der Waals surface area contributed by atoms with E-state index in [0.717, 1.165) is 11.3 Å². The summed E-state index contributed by atoms with van der Waals surface area (Å²) in [6.07, 6.45) is 1.92. The maximum absolute atomic E-state index is 8.71. The van der Waals surface area contributed by atoms with E-state index in [2.05, 4.69) is 24.0 Å². The third-order valence-corrected chi connectivity index (χ3v) is 2.44. The number of nitrogens with zero attached hydrogens (tertiary/aromatic N) is 3. The first-order valence-corrected chi connectivity index (χ1v) is 5.10. The van der Waals surface area contributed by atoms with Crippen LogP contribution in [-0.2, 0) is 0 Å². The Balaban J connectivity index is 2.77. The molecule has 0 atom stereocenters. The summed E-state index contributed by atoms with van der Waals surface area (Å²) in [5.74, 6) is 1.21. The summed E-state index contributed by atoms with van der Waals surface area (Å²) in [4.78, 5) is 4.41. The van der Waals surface area contributed by atoms with Crippen molar-refractivity contribution in [2.75, 3.05) is 0 Å². The molecule has 2 aromatic heterocycles. The maximum Gasteiger partial charge on any atom is 0.191 e. The number of amidine groups is 1. The summed E-state index contributed by atoms with van der Waals surface area (Å²) in [6.45, 7) is 4.11. The van der Waals surface area contributed by atoms with Crippen LogP contribution in [0.3, 0.4) is 0 Å². The van der Waals surface area contributed by atoms with E-state index in [1.165, 1.54) is 0 Å². The van der Waals surface area contributed by atoms with E-state index in [1.807, 2.05) is 28.8 Å². The Hall–Kier alpha value is -2.04. The molecule has 5 heteroatoms. The van der Waals surface area contributed by atoms with Crippen molar-refractivity contribution in [2.45, 2.75) is 19.8 Å². The number of rotatable bonds is 2. The first kappa shape index (κ1) is 10.5. The van der Waals surface area contributed by atoms with Gasteiger partial charge in [0.05, 0.1) is 5.52 Å². The van der Waals surface area contributed by atoms with Crippen LogP contribution in [0.15, 0.2) is 29.6 Å². The highest BCUT2D eigenvalue weighted by atomic mass is 16.4. The summed E-state index contributed by atoms with van der Waals surface area (Å²) in [7, 11) is 0. The fourth-order valence-corrected chi connectivity index (χ4v) is 1.70. The zero-order valence-corrected chi connectivity index (χ0v) is 9.25. The van der Waals surface area contributed by atoms with Gasteiger partial charge in [-0.3, -0.25) is 0 Å². The molecule has 84 valence electrons. The molecule has 2 aromatic rings. The van der Waals surface area contributed by atoms with Crippen molar-refractivity contribution in [2.24, 2.45) is 10.9 Å². The van der Waals surface area contributed by atoms with Crippen LogP contribution in [0.2, 0.25) is 0 Å². The predicted octanol–water partition coefficient (Wildman–Crippen LogP) is 1.55. The second-order valence-electron chi connectivity index (χ2n) is 3.91. The highest BCUT2D eigenvalue weighted by molar-refractivity contribution is 6.01. The second-order valence-corrected chi connectivity index (χ2v) is 3.91. The predicted molar refractivity (Wildman–Crippen MR) is 61.8 cm³/mol. The molecule has 0 aliphatic rings. The summed E-state index contributed by atoms with van der Waals surface area (Å²) >= 11 is 0. The average Bonchev–Trinajstić information content (AvgIpc) is 2.67. The van der Waals surface area contributed by atoms with Crippen molar-refractivity contribution in [1.82, 2.24) is 9.38 Å². The third-order valence-electron chi connectivity index (χ3n) is 2.44. The minimum atomic E-state index is 0.0376. The van der Waals surface area contributed by atoms with Gasteiger partial charge in [-0.1, -0.05) is 25.1 Å². The van der Waals surface area contributed by atoms with Crippen molar-refractivity contribution in [3.8, 4) is 0 Å². The molecule has 0 radical (unpaired) electrons. The monoisotopic (exact) mass is 218 g/mol. The molecule has 3 N–H and O–H groups in total. The number of hydrogen-bond acceptors (Lipinski definition) is 3. The van der Waals surface area contributed by atoms with Gasteiger partial charge in [0, 0.05) is 12.1 Å². The Kier molecular flexibility index (Phi) is 2.52. The highest BCUT2D eigenvalue weighted by Crippen LogP contribution is 2.19. The summed E-state index contributed by atoms with van der Waals surface area (Å²) in [6, 6.07) is 5.72. The van der Waals surface area contributed by atoms with Crippen molar-refractivity contribution in [1.29, 1.82) is 0 Å². The third kappa shape index (κ3) is 1.50. The molecule has 5 nitrogen and oxygen atoms in total. The lowest BCUT2D eigenvalue weighted by Crippen LogP contribution is -2.14. The van der Waals surface area contributed by atoms with Gasteiger partial charge in [0.25, 0.3) is 0 Å². The zero-order chi connectivity index (χ0) is 11.7. The molecule has 0 aromatic carbocycles. The van der Waals surface area contributed by atoms with Gasteiger partial charge in [-0.15, -0.1) is 0 Å². The number of fused-ring (bicyclic) bond motifs is 1. The average molecular weight is 218 g/mol. The Morgan fingerprint density at radius 2 is 2.25 bits per heavy atom. The summed E-state index contributed by atoms with van der Waals surface area (Å²) in [5.41, 5.74) is 6.97. The number of nitrogens with two attached hydrogens (primary N) is 1. The first-order chi connectivity index (χ1) is 7.65. The SMILES string of the molecule is CC(C)c1nc(/C(N)=N/O)c2ccccn12. The van der Waals surface area contributed by atoms with Crippen LogP contribution in [0, 0.1) is 0 Å². The number of oxime groups is 1. The molecule has 0 saturated carbocycles. The van der Waals surface area contributed by atoms with Crippen LogP contribution in [0.5, 0.6) is 0 Å². The fourth-order valence-electron chi connectivity index (χ4n) is 1.70. The minimum Gasteiger partial charge on any atom is -0.409 e. The minimum absolute atomic E-state index is 0.0376. The lowest BCUT2D eigenvalue weighted by atomic mass is 10.2. The molecule has 0 unspecified atom stereocenters. The van der Waals surface area contributed by atoms with E-state index in [-0.39, 0.29) is 11.8 Å². The van der Waals surface area contributed by atoms with Gasteiger partial charge in [-0.2, -0.15) is 0 Å². The van der Waals surface area contributed by atoms with Crippen molar-refractivity contribution >= 4 is 11.4 Å². The summed E-state index contributed by atoms with van der Waals surface area (Å²) in [5, 5.41) is 11.7. The lowest BCUT2D eigenvalue weighted by molar-refractivity contribution is 0.318. The Morgan fingerprint density at radius 3 is 2.88 bits per heavy atom. The molecule has 0 aliphatic carbocycles. The summed E-state index contributed by atoms with van der Waals surface area (Å²) < 4.78 is 1.96. The van der Waals surface area contributed by atoms with E-state index in [0.29, 0.717) is 5.69 Å². The molecular formula is C11H14N4O. The van der Waals surface area contributed by atoms with Crippen LogP contribution < -0.4 is 5.73 Å².